The fourth-order valence-corrected chi connectivity index (χ4v) is 3.48. The van der Waals surface area contributed by atoms with Crippen LogP contribution in [0.15, 0.2) is 52.5 Å². The van der Waals surface area contributed by atoms with Crippen LogP contribution in [-0.4, -0.2) is 46.9 Å². The van der Waals surface area contributed by atoms with Crippen LogP contribution in [0.1, 0.15) is 29.5 Å². The number of nitrogens with zero attached hydrogens (tertiary/aromatic N) is 2. The summed E-state index contributed by atoms with van der Waals surface area (Å²) in [5.41, 5.74) is 8.55. The first-order valence-corrected chi connectivity index (χ1v) is 10.9. The standard InChI is InChI=1S/C23H27N5O4S/c1-15-5-3-6-17(21(15)31)13-19(33-14-29)23(32)28(2)12-4-7-20(30)26-18-10-8-16(9-11-18)22(24)27-25/h3,5-6,8-11,13-14,31H,4,7,12,25H2,1-2H3,(H2,24,27)(H,26,30)/b19-13-. The minimum absolute atomic E-state index is 0.0552. The summed E-state index contributed by atoms with van der Waals surface area (Å²) in [7, 11) is 1.59. The molecule has 0 saturated heterocycles. The third-order valence-electron chi connectivity index (χ3n) is 4.79. The van der Waals surface area contributed by atoms with E-state index in [2.05, 4.69) is 10.4 Å². The quantitative estimate of drug-likeness (QED) is 0.104. The molecule has 0 unspecified atom stereocenters. The average molecular weight is 470 g/mol. The zero-order valence-electron chi connectivity index (χ0n) is 18.4. The second-order valence-electron chi connectivity index (χ2n) is 7.21. The molecule has 10 heteroatoms. The van der Waals surface area contributed by atoms with Crippen LogP contribution in [0, 0.1) is 6.92 Å². The molecule has 0 aromatic heterocycles. The first kappa shape index (κ1) is 25.5. The molecule has 0 aliphatic heterocycles. The maximum absolute atomic E-state index is 12.8. The summed E-state index contributed by atoms with van der Waals surface area (Å²) in [6.07, 6.45) is 2.11. The van der Waals surface area contributed by atoms with Gasteiger partial charge in [0.25, 0.3) is 5.91 Å². The number of para-hydroxylation sites is 1. The van der Waals surface area contributed by atoms with Crippen LogP contribution in [0.5, 0.6) is 5.75 Å². The number of phenolic OH excluding ortho intramolecular Hbond substituents is 1. The minimum atomic E-state index is -0.372. The number of amidine groups is 1. The van der Waals surface area contributed by atoms with Gasteiger partial charge in [-0.1, -0.05) is 18.2 Å². The van der Waals surface area contributed by atoms with Crippen molar-refractivity contribution in [2.45, 2.75) is 19.8 Å². The molecule has 2 amide bonds. The number of aryl methyl sites for hydroxylation is 1. The Hall–Kier alpha value is -3.79. The van der Waals surface area contributed by atoms with Crippen molar-refractivity contribution in [1.82, 2.24) is 4.90 Å². The smallest absolute Gasteiger partial charge is 0.260 e. The van der Waals surface area contributed by atoms with E-state index in [0.717, 1.165) is 11.8 Å². The molecule has 0 atom stereocenters. The Bertz CT molecular complexity index is 1070. The molecule has 174 valence electrons. The number of likely N-dealkylation sites (N-methyl/N-ethyl adjacent to an activating group) is 1. The van der Waals surface area contributed by atoms with E-state index in [1.165, 1.54) is 11.0 Å². The van der Waals surface area contributed by atoms with E-state index >= 15 is 0 Å². The molecule has 33 heavy (non-hydrogen) atoms. The van der Waals surface area contributed by atoms with Crippen LogP contribution >= 0.6 is 11.8 Å². The molecule has 0 bridgehead atoms. The topological polar surface area (TPSA) is 151 Å². The molecule has 0 aliphatic carbocycles. The van der Waals surface area contributed by atoms with Crippen molar-refractivity contribution in [3.8, 4) is 5.75 Å². The third-order valence-corrected chi connectivity index (χ3v) is 5.43. The summed E-state index contributed by atoms with van der Waals surface area (Å²) in [5, 5.41) is 16.4. The Morgan fingerprint density at radius 3 is 2.55 bits per heavy atom. The van der Waals surface area contributed by atoms with Crippen LogP contribution in [-0.2, 0) is 14.4 Å². The van der Waals surface area contributed by atoms with E-state index in [1.54, 1.807) is 56.4 Å². The Morgan fingerprint density at radius 1 is 1.21 bits per heavy atom. The predicted molar refractivity (Wildman–Crippen MR) is 132 cm³/mol. The van der Waals surface area contributed by atoms with Crippen LogP contribution in [0.25, 0.3) is 6.08 Å². The van der Waals surface area contributed by atoms with Gasteiger partial charge >= 0.3 is 0 Å². The lowest BCUT2D eigenvalue weighted by Crippen LogP contribution is -2.29. The Kier molecular flexibility index (Phi) is 9.49. The molecule has 9 nitrogen and oxygen atoms in total. The fourth-order valence-electron chi connectivity index (χ4n) is 2.93. The molecule has 0 saturated carbocycles. The summed E-state index contributed by atoms with van der Waals surface area (Å²) >= 11 is 0.742. The van der Waals surface area contributed by atoms with Gasteiger partial charge in [0.1, 0.15) is 11.6 Å². The number of nitrogens with two attached hydrogens (primary N) is 2. The molecule has 0 aliphatic rings. The molecule has 2 rings (SSSR count). The van der Waals surface area contributed by atoms with E-state index in [0.29, 0.717) is 41.0 Å². The minimum Gasteiger partial charge on any atom is -0.507 e. The number of amides is 2. The highest BCUT2D eigenvalue weighted by molar-refractivity contribution is 8.16. The van der Waals surface area contributed by atoms with Crippen LogP contribution < -0.4 is 16.9 Å². The van der Waals surface area contributed by atoms with Gasteiger partial charge in [0, 0.05) is 36.8 Å². The van der Waals surface area contributed by atoms with E-state index < -0.39 is 0 Å². The van der Waals surface area contributed by atoms with Crippen LogP contribution in [0.3, 0.4) is 0 Å². The van der Waals surface area contributed by atoms with Crippen molar-refractivity contribution in [3.05, 3.63) is 64.1 Å². The number of thioether (sulfide) groups is 1. The predicted octanol–water partition coefficient (Wildman–Crippen LogP) is 2.42. The Balaban J connectivity index is 1.92. The molecule has 2 aromatic carbocycles. The van der Waals surface area contributed by atoms with E-state index in [9.17, 15) is 19.5 Å². The van der Waals surface area contributed by atoms with Crippen LogP contribution in [0.2, 0.25) is 0 Å². The maximum Gasteiger partial charge on any atom is 0.260 e. The highest BCUT2D eigenvalue weighted by Crippen LogP contribution is 2.27. The SMILES string of the molecule is Cc1cccc(/C=C(\SC=O)C(=O)N(C)CCCC(=O)Nc2ccc(/C(N)=N/N)cc2)c1O. The number of aromatic hydroxyl groups is 1. The Morgan fingerprint density at radius 2 is 1.91 bits per heavy atom. The summed E-state index contributed by atoms with van der Waals surface area (Å²) in [6, 6.07) is 11.9. The zero-order valence-corrected chi connectivity index (χ0v) is 19.3. The lowest BCUT2D eigenvalue weighted by Gasteiger charge is -2.18. The van der Waals surface area contributed by atoms with Gasteiger partial charge in [0.05, 0.1) is 4.91 Å². The molecule has 0 fully saturated rings. The number of anilines is 1. The van der Waals surface area contributed by atoms with Gasteiger partial charge in [-0.15, -0.1) is 0 Å². The highest BCUT2D eigenvalue weighted by atomic mass is 32.2. The van der Waals surface area contributed by atoms with Gasteiger partial charge in [-0.2, -0.15) is 5.10 Å². The monoisotopic (exact) mass is 469 g/mol. The Labute approximate surface area is 196 Å². The van der Waals surface area contributed by atoms with Gasteiger partial charge in [-0.25, -0.2) is 0 Å². The largest absolute Gasteiger partial charge is 0.507 e. The number of hydrazone groups is 1. The van der Waals surface area contributed by atoms with E-state index in [-0.39, 0.29) is 34.7 Å². The number of carbonyl (C=O) groups is 3. The van der Waals surface area contributed by atoms with Gasteiger partial charge in [0.2, 0.25) is 5.91 Å². The average Bonchev–Trinajstić information content (AvgIpc) is 2.81. The summed E-state index contributed by atoms with van der Waals surface area (Å²) in [6.45, 7) is 2.06. The fraction of sp³-hybridized carbons (Fsp3) is 0.217. The highest BCUT2D eigenvalue weighted by Gasteiger charge is 2.17. The molecular formula is C23H27N5O4S. The number of phenols is 1. The number of nitrogens with one attached hydrogen (secondary N) is 1. The van der Waals surface area contributed by atoms with Gasteiger partial charge < -0.3 is 26.9 Å². The molecule has 0 radical (unpaired) electrons. The van der Waals surface area contributed by atoms with Gasteiger partial charge in [-0.3, -0.25) is 14.4 Å². The second kappa shape index (κ2) is 12.3. The summed E-state index contributed by atoms with van der Waals surface area (Å²) < 4.78 is 0. The first-order chi connectivity index (χ1) is 15.8. The lowest BCUT2D eigenvalue weighted by atomic mass is 10.1. The normalized spacial score (nSPS) is 11.7. The van der Waals surface area contributed by atoms with Gasteiger partial charge in [0.15, 0.2) is 5.62 Å². The molecule has 0 heterocycles. The van der Waals surface area contributed by atoms with Crippen molar-refractivity contribution in [2.24, 2.45) is 16.7 Å². The number of hydrogen-bond donors (Lipinski definition) is 4. The van der Waals surface area contributed by atoms with Crippen LogP contribution in [0.4, 0.5) is 5.69 Å². The van der Waals surface area contributed by atoms with Gasteiger partial charge in [-0.05, 0) is 61.0 Å². The molecule has 0 spiro atoms. The van der Waals surface area contributed by atoms with Crippen molar-refractivity contribution >= 4 is 46.8 Å². The third kappa shape index (κ3) is 7.39. The number of hydrogen-bond acceptors (Lipinski definition) is 7. The summed E-state index contributed by atoms with van der Waals surface area (Å²) in [4.78, 5) is 37.7. The zero-order chi connectivity index (χ0) is 24.4. The lowest BCUT2D eigenvalue weighted by molar-refractivity contribution is -0.125. The number of rotatable bonds is 10. The summed E-state index contributed by atoms with van der Waals surface area (Å²) in [5.74, 6) is 4.82. The molecule has 6 N–H and O–H groups in total. The number of carbonyl (C=O) groups excluding carboxylic acids is 3. The van der Waals surface area contributed by atoms with Crippen molar-refractivity contribution in [3.63, 3.8) is 0 Å². The molecule has 2 aromatic rings. The number of benzene rings is 2. The van der Waals surface area contributed by atoms with Crippen molar-refractivity contribution < 1.29 is 19.5 Å². The molecular weight excluding hydrogens is 442 g/mol. The maximum atomic E-state index is 12.8. The van der Waals surface area contributed by atoms with E-state index in [1.807, 2.05) is 0 Å². The van der Waals surface area contributed by atoms with Crippen molar-refractivity contribution in [2.75, 3.05) is 18.9 Å². The van der Waals surface area contributed by atoms with E-state index in [4.69, 9.17) is 11.6 Å². The first-order valence-electron chi connectivity index (χ1n) is 10.1. The second-order valence-corrected chi connectivity index (χ2v) is 8.07. The van der Waals surface area contributed by atoms with Crippen molar-refractivity contribution in [1.29, 1.82) is 0 Å².